The summed E-state index contributed by atoms with van der Waals surface area (Å²) >= 11 is 1.67. The van der Waals surface area contributed by atoms with Gasteiger partial charge in [-0.1, -0.05) is 75.8 Å². The normalized spacial score (nSPS) is 11.3. The molecule has 0 bridgehead atoms. The maximum atomic E-state index is 12.1. The van der Waals surface area contributed by atoms with Crippen molar-refractivity contribution in [2.45, 2.75) is 109 Å². The molecule has 0 fully saturated rings. The van der Waals surface area contributed by atoms with E-state index in [1.807, 2.05) is 0 Å². The van der Waals surface area contributed by atoms with Crippen LogP contribution in [0.1, 0.15) is 109 Å². The highest BCUT2D eigenvalue weighted by Crippen LogP contribution is 2.13. The number of carbonyl (C=O) groups excluding carboxylic acids is 3. The lowest BCUT2D eigenvalue weighted by molar-refractivity contribution is -0.355. The van der Waals surface area contributed by atoms with Crippen molar-refractivity contribution in [1.82, 2.24) is 36.0 Å². The number of amides is 3. The van der Waals surface area contributed by atoms with Gasteiger partial charge < -0.3 is 10.6 Å². The third-order valence-electron chi connectivity index (χ3n) is 6.18. The second-order valence-corrected chi connectivity index (χ2v) is 12.4. The minimum Gasteiger partial charge on any atom is -0.354 e. The van der Waals surface area contributed by atoms with Gasteiger partial charge in [-0.15, -0.1) is 10.2 Å². The molecule has 0 aliphatic heterocycles. The summed E-state index contributed by atoms with van der Waals surface area (Å²) in [5.41, 5.74) is 0. The molecule has 0 radical (unpaired) electrons. The molecule has 39 heavy (non-hydrogen) atoms. The highest BCUT2D eigenvalue weighted by Gasteiger charge is 2.15. The summed E-state index contributed by atoms with van der Waals surface area (Å²) in [4.78, 5) is 34.8. The van der Waals surface area contributed by atoms with E-state index in [9.17, 15) is 22.8 Å². The summed E-state index contributed by atoms with van der Waals surface area (Å²) in [6, 6.07) is 0. The van der Waals surface area contributed by atoms with Crippen LogP contribution in [0.5, 0.6) is 0 Å². The molecule has 12 nitrogen and oxygen atoms in total. The van der Waals surface area contributed by atoms with Crippen molar-refractivity contribution in [2.24, 2.45) is 0 Å². The van der Waals surface area contributed by atoms with Crippen LogP contribution in [0.15, 0.2) is 0 Å². The van der Waals surface area contributed by atoms with Crippen molar-refractivity contribution >= 4 is 27.7 Å². The highest BCUT2D eigenvalue weighted by molar-refractivity contribution is 7.90. The molecular formula is C25H47IN7O5S+. The number of H-pyrrole nitrogens is 1. The van der Waals surface area contributed by atoms with Crippen LogP contribution < -0.4 is 37.9 Å². The fraction of sp³-hybridized carbons (Fsp3) is 0.840. The van der Waals surface area contributed by atoms with Gasteiger partial charge in [-0.2, -0.15) is 5.21 Å². The average Bonchev–Trinajstić information content (AvgIpc) is 3.42. The van der Waals surface area contributed by atoms with E-state index in [1.165, 1.54) is 51.4 Å². The van der Waals surface area contributed by atoms with Crippen molar-refractivity contribution in [3.05, 3.63) is 5.82 Å². The number of aryl methyl sites for hydroxylation is 1. The topological polar surface area (TPSA) is 176 Å². The van der Waals surface area contributed by atoms with E-state index in [4.69, 9.17) is 0 Å². The maximum Gasteiger partial charge on any atom is 0.268 e. The number of aromatic nitrogens is 4. The minimum atomic E-state index is -3.74. The maximum absolute atomic E-state index is 12.1. The molecule has 0 atom stereocenters. The molecule has 0 aromatic carbocycles. The number of rotatable bonds is 25. The van der Waals surface area contributed by atoms with Gasteiger partial charge in [-0.25, -0.2) is 8.42 Å². The van der Waals surface area contributed by atoms with Gasteiger partial charge in [0.2, 0.25) is 26.3 Å². The van der Waals surface area contributed by atoms with Gasteiger partial charge in [-0.3, -0.25) is 19.1 Å². The molecule has 1 aromatic rings. The van der Waals surface area contributed by atoms with Gasteiger partial charge in [0, 0.05) is 32.4 Å². The molecule has 0 aliphatic rings. The molecule has 0 saturated carbocycles. The highest BCUT2D eigenvalue weighted by atomic mass is 127. The first-order valence-corrected chi connectivity index (χ1v) is 17.5. The van der Waals surface area contributed by atoms with Crippen LogP contribution in [0.4, 0.5) is 0 Å². The molecule has 1 heterocycles. The Morgan fingerprint density at radius 2 is 1.21 bits per heavy atom. The summed E-state index contributed by atoms with van der Waals surface area (Å²) in [6.07, 6.45) is 16.2. The monoisotopic (exact) mass is 684 g/mol. The lowest BCUT2D eigenvalue weighted by atomic mass is 10.0. The van der Waals surface area contributed by atoms with Gasteiger partial charge in [0.05, 0.1) is 5.75 Å². The van der Waals surface area contributed by atoms with Gasteiger partial charge in [0.15, 0.2) is 5.82 Å². The largest absolute Gasteiger partial charge is 0.354 e. The van der Waals surface area contributed by atoms with Crippen LogP contribution in [-0.2, 0) is 30.8 Å². The summed E-state index contributed by atoms with van der Waals surface area (Å²) in [6.45, 7) is 0.627. The van der Waals surface area contributed by atoms with E-state index in [0.717, 1.165) is 37.9 Å². The number of halogens is 1. The van der Waals surface area contributed by atoms with Crippen molar-refractivity contribution in [3.8, 4) is 0 Å². The SMILES string of the molecule is O=C(C[IH+])NCCNC(=O)CCCS(=O)(=O)NC(=O)CCCCCCCCCCCCCCCc1nn[nH]n1. The van der Waals surface area contributed by atoms with E-state index >= 15 is 0 Å². The summed E-state index contributed by atoms with van der Waals surface area (Å²) < 4.78 is 26.6. The van der Waals surface area contributed by atoms with Gasteiger partial charge in [0.1, 0.15) is 0 Å². The molecule has 0 aliphatic carbocycles. The standard InChI is InChI=1S/C25H46IN7O5S/c26-21-25(36)28-19-18-27-23(34)17-14-20-39(37,38)31-24(35)16-13-11-9-7-5-3-1-2-4-6-8-10-12-15-22-29-32-33-30-22/h26H,1-21H2,(H3-,27,28,29,30,31,32,33,34,35,36)/p+1. The Morgan fingerprint density at radius 3 is 1.74 bits per heavy atom. The van der Waals surface area contributed by atoms with Crippen LogP contribution in [0.3, 0.4) is 0 Å². The zero-order chi connectivity index (χ0) is 28.6. The molecule has 3 amide bonds. The zero-order valence-corrected chi connectivity index (χ0v) is 26.2. The third-order valence-corrected chi connectivity index (χ3v) is 8.29. The van der Waals surface area contributed by atoms with Crippen LogP contribution in [0.25, 0.3) is 0 Å². The molecular weight excluding hydrogens is 637 g/mol. The summed E-state index contributed by atoms with van der Waals surface area (Å²) in [5, 5.41) is 19.2. The van der Waals surface area contributed by atoms with Crippen molar-refractivity contribution in [3.63, 3.8) is 0 Å². The molecule has 0 spiro atoms. The number of tetrazole rings is 1. The van der Waals surface area contributed by atoms with Crippen molar-refractivity contribution in [2.75, 3.05) is 23.3 Å². The Hall–Kier alpha value is -1.84. The quantitative estimate of drug-likeness (QED) is 0.0573. The Bertz CT molecular complexity index is 901. The number of aromatic amines is 1. The third kappa shape index (κ3) is 21.6. The Balaban J connectivity index is 1.88. The molecule has 224 valence electrons. The number of carbonyl (C=O) groups is 3. The average molecular weight is 685 g/mol. The Morgan fingerprint density at radius 1 is 0.692 bits per heavy atom. The van der Waals surface area contributed by atoms with E-state index < -0.39 is 15.9 Å². The van der Waals surface area contributed by atoms with Gasteiger partial charge >= 0.3 is 0 Å². The fourth-order valence-electron chi connectivity index (χ4n) is 4.04. The number of sulfonamides is 1. The van der Waals surface area contributed by atoms with Crippen LogP contribution in [-0.4, -0.2) is 70.0 Å². The number of hydrogen-bond donors (Lipinski definition) is 4. The molecule has 14 heteroatoms. The van der Waals surface area contributed by atoms with E-state index in [0.29, 0.717) is 23.9 Å². The lowest BCUT2D eigenvalue weighted by Crippen LogP contribution is -3.36. The molecule has 0 unspecified atom stereocenters. The predicted octanol–water partition coefficient (Wildman–Crippen LogP) is -1.05. The Labute approximate surface area is 246 Å². The molecule has 1 aromatic heterocycles. The van der Waals surface area contributed by atoms with Crippen LogP contribution in [0.2, 0.25) is 0 Å². The molecule has 0 saturated heterocycles. The van der Waals surface area contributed by atoms with Gasteiger partial charge in [0.25, 0.3) is 28.5 Å². The smallest absolute Gasteiger partial charge is 0.268 e. The van der Waals surface area contributed by atoms with E-state index in [2.05, 4.69) is 36.0 Å². The number of alkyl halides is 1. The van der Waals surface area contributed by atoms with E-state index in [-0.39, 0.29) is 36.8 Å². The van der Waals surface area contributed by atoms with E-state index in [1.54, 1.807) is 22.6 Å². The first kappa shape index (κ1) is 35.2. The predicted molar refractivity (Wildman–Crippen MR) is 146 cm³/mol. The summed E-state index contributed by atoms with van der Waals surface area (Å²) in [7, 11) is -3.74. The Kier molecular flexibility index (Phi) is 20.7. The number of hydrogen-bond acceptors (Lipinski definition) is 8. The van der Waals surface area contributed by atoms with Crippen molar-refractivity contribution in [1.29, 1.82) is 0 Å². The fourth-order valence-corrected chi connectivity index (χ4v) is 5.41. The first-order chi connectivity index (χ1) is 18.8. The number of unbranched alkanes of at least 4 members (excludes halogenated alkanes) is 12. The summed E-state index contributed by atoms with van der Waals surface area (Å²) in [5.74, 6) is -0.339. The first-order valence-electron chi connectivity index (χ1n) is 14.2. The van der Waals surface area contributed by atoms with Gasteiger partial charge in [-0.05, 0) is 19.3 Å². The number of nitrogens with one attached hydrogen (secondary N) is 4. The molecule has 4 N–H and O–H groups in total. The van der Waals surface area contributed by atoms with Crippen LogP contribution in [0, 0.1) is 0 Å². The van der Waals surface area contributed by atoms with Crippen LogP contribution >= 0.6 is 0 Å². The number of nitrogens with zero attached hydrogens (tertiary/aromatic N) is 3. The molecule has 1 rings (SSSR count). The second-order valence-electron chi connectivity index (χ2n) is 9.72. The minimum absolute atomic E-state index is 0.0425. The zero-order valence-electron chi connectivity index (χ0n) is 23.0. The van der Waals surface area contributed by atoms with Crippen molar-refractivity contribution < 1.29 is 45.4 Å². The lowest BCUT2D eigenvalue weighted by Gasteiger charge is -2.08. The second kappa shape index (κ2) is 22.9.